The third-order valence-electron chi connectivity index (χ3n) is 2.78. The van der Waals surface area contributed by atoms with Gasteiger partial charge in [-0.25, -0.2) is 4.79 Å². The Hall–Kier alpha value is -2.29. The second-order valence-electron chi connectivity index (χ2n) is 4.03. The summed E-state index contributed by atoms with van der Waals surface area (Å²) in [6.07, 6.45) is 0. The molecule has 0 radical (unpaired) electrons. The van der Waals surface area contributed by atoms with E-state index in [0.717, 1.165) is 0 Å². The van der Waals surface area contributed by atoms with Crippen LogP contribution in [0.2, 0.25) is 10.0 Å². The number of hydrogen-bond acceptors (Lipinski definition) is 4. The number of pyridine rings is 1. The molecule has 5 nitrogen and oxygen atoms in total. The summed E-state index contributed by atoms with van der Waals surface area (Å²) in [6.45, 7) is 0. The summed E-state index contributed by atoms with van der Waals surface area (Å²) in [5.74, 6) is -0.765. The fraction of sp³-hybridized carbons (Fsp3) is 0.0714. The molecule has 0 atom stereocenters. The van der Waals surface area contributed by atoms with E-state index < -0.39 is 11.5 Å². The van der Waals surface area contributed by atoms with Crippen molar-refractivity contribution in [1.82, 2.24) is 4.98 Å². The first-order valence-electron chi connectivity index (χ1n) is 5.69. The number of ether oxygens (including phenoxy) is 1. The van der Waals surface area contributed by atoms with Gasteiger partial charge >= 0.3 is 5.97 Å². The van der Waals surface area contributed by atoms with Crippen molar-refractivity contribution in [3.8, 4) is 17.3 Å². The van der Waals surface area contributed by atoms with Crippen LogP contribution in [0, 0.1) is 11.3 Å². The van der Waals surface area contributed by atoms with Gasteiger partial charge in [0.15, 0.2) is 0 Å². The molecule has 0 aliphatic carbocycles. The quantitative estimate of drug-likeness (QED) is 0.861. The van der Waals surface area contributed by atoms with Gasteiger partial charge in [0.05, 0.1) is 22.7 Å². The SMILES string of the molecule is COC(=O)c1cc(-c2ccc(Cl)c(Cl)c2)[nH]c(=O)c1C#N. The minimum atomic E-state index is -0.765. The highest BCUT2D eigenvalue weighted by atomic mass is 35.5. The second-order valence-corrected chi connectivity index (χ2v) is 4.85. The molecule has 0 unspecified atom stereocenters. The van der Waals surface area contributed by atoms with E-state index in [1.165, 1.54) is 13.2 Å². The number of benzene rings is 1. The van der Waals surface area contributed by atoms with Crippen molar-refractivity contribution in [2.75, 3.05) is 7.11 Å². The fourth-order valence-corrected chi connectivity index (χ4v) is 2.06. The maximum atomic E-state index is 11.9. The van der Waals surface area contributed by atoms with E-state index in [9.17, 15) is 9.59 Å². The van der Waals surface area contributed by atoms with Crippen LogP contribution in [-0.2, 0) is 4.74 Å². The zero-order valence-corrected chi connectivity index (χ0v) is 12.2. The Balaban J connectivity index is 2.69. The van der Waals surface area contributed by atoms with Gasteiger partial charge in [-0.05, 0) is 23.8 Å². The van der Waals surface area contributed by atoms with Crippen molar-refractivity contribution < 1.29 is 9.53 Å². The maximum Gasteiger partial charge on any atom is 0.339 e. The molecule has 21 heavy (non-hydrogen) atoms. The fourth-order valence-electron chi connectivity index (χ4n) is 1.76. The highest BCUT2D eigenvalue weighted by molar-refractivity contribution is 6.42. The molecule has 0 bridgehead atoms. The zero-order chi connectivity index (χ0) is 15.6. The number of nitrogens with one attached hydrogen (secondary N) is 1. The summed E-state index contributed by atoms with van der Waals surface area (Å²) in [4.78, 5) is 26.1. The van der Waals surface area contributed by atoms with Crippen LogP contribution in [0.15, 0.2) is 29.1 Å². The summed E-state index contributed by atoms with van der Waals surface area (Å²) in [5, 5.41) is 9.64. The molecule has 1 aromatic carbocycles. The van der Waals surface area contributed by atoms with Crippen molar-refractivity contribution in [3.63, 3.8) is 0 Å². The molecular weight excluding hydrogens is 315 g/mol. The minimum absolute atomic E-state index is 0.107. The number of aromatic amines is 1. The number of carbonyl (C=O) groups is 1. The Labute approximate surface area is 129 Å². The summed E-state index contributed by atoms with van der Waals surface area (Å²) in [6, 6.07) is 7.79. The number of H-pyrrole nitrogens is 1. The van der Waals surface area contributed by atoms with Crippen LogP contribution in [0.5, 0.6) is 0 Å². The van der Waals surface area contributed by atoms with Gasteiger partial charge in [-0.1, -0.05) is 29.3 Å². The minimum Gasteiger partial charge on any atom is -0.465 e. The molecule has 1 N–H and O–H groups in total. The Kier molecular flexibility index (Phi) is 4.32. The van der Waals surface area contributed by atoms with Gasteiger partial charge in [0.25, 0.3) is 5.56 Å². The van der Waals surface area contributed by atoms with Crippen molar-refractivity contribution >= 4 is 29.2 Å². The predicted molar refractivity (Wildman–Crippen MR) is 78.6 cm³/mol. The molecule has 0 saturated carbocycles. The lowest BCUT2D eigenvalue weighted by Crippen LogP contribution is -2.18. The molecule has 1 heterocycles. The molecule has 0 amide bonds. The molecule has 7 heteroatoms. The number of aromatic nitrogens is 1. The number of nitrogens with zero attached hydrogens (tertiary/aromatic N) is 1. The normalized spacial score (nSPS) is 10.0. The Morgan fingerprint density at radius 3 is 2.57 bits per heavy atom. The average Bonchev–Trinajstić information content (AvgIpc) is 2.48. The number of rotatable bonds is 2. The molecule has 0 aliphatic rings. The van der Waals surface area contributed by atoms with Crippen LogP contribution in [0.25, 0.3) is 11.3 Å². The van der Waals surface area contributed by atoms with E-state index in [1.54, 1.807) is 24.3 Å². The van der Waals surface area contributed by atoms with E-state index in [0.29, 0.717) is 21.3 Å². The molecule has 0 fully saturated rings. The lowest BCUT2D eigenvalue weighted by molar-refractivity contribution is 0.0600. The number of esters is 1. The second kappa shape index (κ2) is 6.00. The lowest BCUT2D eigenvalue weighted by Gasteiger charge is -2.07. The largest absolute Gasteiger partial charge is 0.465 e. The van der Waals surface area contributed by atoms with Crippen LogP contribution < -0.4 is 5.56 Å². The van der Waals surface area contributed by atoms with Gasteiger partial charge in [-0.3, -0.25) is 4.79 Å². The Morgan fingerprint density at radius 2 is 2.00 bits per heavy atom. The molecule has 2 rings (SSSR count). The van der Waals surface area contributed by atoms with Gasteiger partial charge < -0.3 is 9.72 Å². The molecular formula is C14H8Cl2N2O3. The standard InChI is InChI=1S/C14H8Cl2N2O3/c1-21-14(20)8-5-12(18-13(19)9(8)6-17)7-2-3-10(15)11(16)4-7/h2-5H,1H3,(H,18,19). The van der Waals surface area contributed by atoms with Crippen LogP contribution in [0.1, 0.15) is 15.9 Å². The van der Waals surface area contributed by atoms with Crippen molar-refractivity contribution in [2.24, 2.45) is 0 Å². The van der Waals surface area contributed by atoms with E-state index in [-0.39, 0.29) is 11.1 Å². The van der Waals surface area contributed by atoms with E-state index >= 15 is 0 Å². The molecule has 0 saturated heterocycles. The molecule has 1 aromatic heterocycles. The zero-order valence-electron chi connectivity index (χ0n) is 10.7. The van der Waals surface area contributed by atoms with Gasteiger partial charge in [0.2, 0.25) is 0 Å². The first kappa shape index (κ1) is 15.1. The van der Waals surface area contributed by atoms with Crippen molar-refractivity contribution in [2.45, 2.75) is 0 Å². The van der Waals surface area contributed by atoms with Gasteiger partial charge in [0, 0.05) is 5.69 Å². The number of nitriles is 1. The summed E-state index contributed by atoms with van der Waals surface area (Å²) < 4.78 is 4.58. The van der Waals surface area contributed by atoms with Crippen molar-refractivity contribution in [3.05, 3.63) is 55.8 Å². The van der Waals surface area contributed by atoms with Crippen molar-refractivity contribution in [1.29, 1.82) is 5.26 Å². The van der Waals surface area contributed by atoms with Gasteiger partial charge in [-0.2, -0.15) is 5.26 Å². The summed E-state index contributed by atoms with van der Waals surface area (Å²) in [7, 11) is 1.17. The van der Waals surface area contributed by atoms with Crippen LogP contribution >= 0.6 is 23.2 Å². The highest BCUT2D eigenvalue weighted by Gasteiger charge is 2.17. The van der Waals surface area contributed by atoms with E-state index in [1.807, 2.05) is 0 Å². The lowest BCUT2D eigenvalue weighted by atomic mass is 10.1. The number of halogens is 2. The van der Waals surface area contributed by atoms with Crippen LogP contribution in [-0.4, -0.2) is 18.1 Å². The third kappa shape index (κ3) is 2.92. The first-order valence-corrected chi connectivity index (χ1v) is 6.44. The smallest absolute Gasteiger partial charge is 0.339 e. The maximum absolute atomic E-state index is 11.9. The Bertz CT molecular complexity index is 822. The number of carbonyl (C=O) groups excluding carboxylic acids is 1. The number of hydrogen-bond donors (Lipinski definition) is 1. The highest BCUT2D eigenvalue weighted by Crippen LogP contribution is 2.27. The third-order valence-corrected chi connectivity index (χ3v) is 3.52. The van der Waals surface area contributed by atoms with Crippen LogP contribution in [0.4, 0.5) is 0 Å². The average molecular weight is 323 g/mol. The van der Waals surface area contributed by atoms with Gasteiger partial charge in [0.1, 0.15) is 11.6 Å². The van der Waals surface area contributed by atoms with Gasteiger partial charge in [-0.15, -0.1) is 0 Å². The predicted octanol–water partition coefficient (Wildman–Crippen LogP) is 3.01. The number of methoxy groups -OCH3 is 1. The summed E-state index contributed by atoms with van der Waals surface area (Å²) >= 11 is 11.8. The first-order chi connectivity index (χ1) is 9.97. The molecule has 106 valence electrons. The summed E-state index contributed by atoms with van der Waals surface area (Å²) in [5.41, 5.74) is -0.203. The topological polar surface area (TPSA) is 83.0 Å². The van der Waals surface area contributed by atoms with Crippen LogP contribution in [0.3, 0.4) is 0 Å². The monoisotopic (exact) mass is 322 g/mol. The molecule has 0 aliphatic heterocycles. The van der Waals surface area contributed by atoms with E-state index in [4.69, 9.17) is 28.5 Å². The Morgan fingerprint density at radius 1 is 1.29 bits per heavy atom. The molecule has 0 spiro atoms. The van der Waals surface area contributed by atoms with E-state index in [2.05, 4.69) is 9.72 Å². The molecule has 2 aromatic rings.